The van der Waals surface area contributed by atoms with E-state index in [0.29, 0.717) is 6.21 Å². The second-order valence-electron chi connectivity index (χ2n) is 4.80. The van der Waals surface area contributed by atoms with Gasteiger partial charge in [-0.2, -0.15) is 4.79 Å². The number of Topliss-reactive ketones (excluding diaryl/α,β-unsaturated/α-hetero) is 1. The van der Waals surface area contributed by atoms with Crippen molar-refractivity contribution in [1.82, 2.24) is 10.6 Å². The first-order valence-corrected chi connectivity index (χ1v) is 6.93. The molecule has 0 fully saturated rings. The smallest absolute Gasteiger partial charge is 0.408 e. The molecule has 0 bridgehead atoms. The number of ether oxygens (including phenoxy) is 1. The number of hydrogen-bond donors (Lipinski definition) is 2. The lowest BCUT2D eigenvalue weighted by Crippen LogP contribution is -2.49. The molecule has 2 N–H and O–H groups in total. The molecular weight excluding hydrogens is 300 g/mol. The molecule has 0 heterocycles. The van der Waals surface area contributed by atoms with Crippen LogP contribution < -0.4 is 10.6 Å². The summed E-state index contributed by atoms with van der Waals surface area (Å²) in [6.45, 7) is 2.97. The number of nitrogens with one attached hydrogen (secondary N) is 2. The molecule has 1 rings (SSSR count). The molecular formula is C15H18N4O4. The molecule has 0 aromatic heterocycles. The second-order valence-corrected chi connectivity index (χ2v) is 4.80. The van der Waals surface area contributed by atoms with Crippen LogP contribution in [0.3, 0.4) is 0 Å². The van der Waals surface area contributed by atoms with Gasteiger partial charge in [-0.25, -0.2) is 4.79 Å². The summed E-state index contributed by atoms with van der Waals surface area (Å²) in [7, 11) is 0. The molecule has 0 spiro atoms. The Morgan fingerprint density at radius 1 is 1.17 bits per heavy atom. The standard InChI is InChI=1S/C15H18N4O4/c1-10(13(20)8-17-16)18-14(21)11(2)19-15(22)23-9-12-6-4-3-5-7-12/h3-8,10-11H,9H2,1-2H3,(H,18,21)(H,19,22)/t10-,11-/m0/s1. The van der Waals surface area contributed by atoms with E-state index in [1.54, 1.807) is 12.1 Å². The molecule has 122 valence electrons. The Bertz CT molecular complexity index is 611. The largest absolute Gasteiger partial charge is 0.445 e. The predicted octanol–water partition coefficient (Wildman–Crippen LogP) is 0.676. The molecule has 0 aliphatic carbocycles. The summed E-state index contributed by atoms with van der Waals surface area (Å²) in [6, 6.07) is 7.34. The molecule has 0 saturated carbocycles. The summed E-state index contributed by atoms with van der Waals surface area (Å²) < 4.78 is 4.99. The van der Waals surface area contributed by atoms with Crippen molar-refractivity contribution < 1.29 is 23.9 Å². The van der Waals surface area contributed by atoms with Crippen LogP contribution in [-0.4, -0.2) is 40.9 Å². The minimum Gasteiger partial charge on any atom is -0.445 e. The van der Waals surface area contributed by atoms with Gasteiger partial charge in [0.05, 0.1) is 6.04 Å². The van der Waals surface area contributed by atoms with Crippen molar-refractivity contribution in [1.29, 1.82) is 0 Å². The molecule has 0 aliphatic heterocycles. The van der Waals surface area contributed by atoms with Crippen LogP contribution in [0.1, 0.15) is 19.4 Å². The highest BCUT2D eigenvalue weighted by molar-refractivity contribution is 6.28. The lowest BCUT2D eigenvalue weighted by Gasteiger charge is -2.16. The number of rotatable bonds is 7. The average molecular weight is 318 g/mol. The highest BCUT2D eigenvalue weighted by Crippen LogP contribution is 2.00. The minimum absolute atomic E-state index is 0.0862. The number of carbonyl (C=O) groups is 3. The van der Waals surface area contributed by atoms with Gasteiger partial charge in [0.1, 0.15) is 12.6 Å². The Labute approximate surface area is 133 Å². The van der Waals surface area contributed by atoms with Crippen LogP contribution >= 0.6 is 0 Å². The molecule has 0 unspecified atom stereocenters. The van der Waals surface area contributed by atoms with Gasteiger partial charge in [-0.15, -0.1) is 0 Å². The number of carbonyl (C=O) groups excluding carboxylic acids is 3. The van der Waals surface area contributed by atoms with Crippen LogP contribution in [-0.2, 0) is 20.9 Å². The fourth-order valence-electron chi connectivity index (χ4n) is 1.59. The van der Waals surface area contributed by atoms with Crippen molar-refractivity contribution in [3.8, 4) is 0 Å². The lowest BCUT2D eigenvalue weighted by atomic mass is 10.2. The molecule has 23 heavy (non-hydrogen) atoms. The lowest BCUT2D eigenvalue weighted by molar-refractivity contribution is -0.126. The van der Waals surface area contributed by atoms with Crippen molar-refractivity contribution in [3.63, 3.8) is 0 Å². The number of ketones is 1. The molecule has 8 nitrogen and oxygen atoms in total. The Kier molecular flexibility index (Phi) is 7.16. The first-order chi connectivity index (χ1) is 10.9. The highest BCUT2D eigenvalue weighted by Gasteiger charge is 2.22. The monoisotopic (exact) mass is 318 g/mol. The number of amides is 2. The molecule has 8 heteroatoms. The zero-order chi connectivity index (χ0) is 17.2. The summed E-state index contributed by atoms with van der Waals surface area (Å²) in [5, 5.41) is 4.74. The summed E-state index contributed by atoms with van der Waals surface area (Å²) in [5.74, 6) is -1.13. The fraction of sp³-hybridized carbons (Fsp3) is 0.333. The van der Waals surface area contributed by atoms with E-state index in [1.807, 2.05) is 18.2 Å². The van der Waals surface area contributed by atoms with E-state index >= 15 is 0 Å². The molecule has 1 aromatic rings. The number of hydrogen-bond acceptors (Lipinski definition) is 4. The quantitative estimate of drug-likeness (QED) is 0.436. The summed E-state index contributed by atoms with van der Waals surface area (Å²) in [5.41, 5.74) is 9.08. The summed E-state index contributed by atoms with van der Waals surface area (Å²) >= 11 is 0. The van der Waals surface area contributed by atoms with Crippen molar-refractivity contribution in [3.05, 3.63) is 41.4 Å². The van der Waals surface area contributed by atoms with Gasteiger partial charge >= 0.3 is 12.3 Å². The molecule has 2 atom stereocenters. The van der Waals surface area contributed by atoms with Crippen molar-refractivity contribution in [2.75, 3.05) is 0 Å². The second kappa shape index (κ2) is 9.11. The van der Waals surface area contributed by atoms with E-state index in [2.05, 4.69) is 15.4 Å². The van der Waals surface area contributed by atoms with Gasteiger partial charge in [-0.05, 0) is 19.4 Å². The summed E-state index contributed by atoms with van der Waals surface area (Å²) in [6.07, 6.45) is -0.0515. The summed E-state index contributed by atoms with van der Waals surface area (Å²) in [4.78, 5) is 37.4. The van der Waals surface area contributed by atoms with Gasteiger partial charge in [0.2, 0.25) is 5.91 Å². The highest BCUT2D eigenvalue weighted by atomic mass is 16.5. The van der Waals surface area contributed by atoms with Crippen LogP contribution in [0.2, 0.25) is 0 Å². The Balaban J connectivity index is 2.40. The van der Waals surface area contributed by atoms with Crippen LogP contribution in [0.25, 0.3) is 5.53 Å². The SMILES string of the molecule is C[C@H](NC(=O)[C@H](C)NC(=O)OCc1ccccc1)C(=O)C=[N+]=[N-]. The van der Waals surface area contributed by atoms with Gasteiger partial charge in [0, 0.05) is 0 Å². The van der Waals surface area contributed by atoms with Crippen molar-refractivity contribution in [2.24, 2.45) is 0 Å². The van der Waals surface area contributed by atoms with E-state index < -0.39 is 29.9 Å². The number of benzene rings is 1. The van der Waals surface area contributed by atoms with E-state index in [4.69, 9.17) is 10.3 Å². The Morgan fingerprint density at radius 3 is 2.43 bits per heavy atom. The van der Waals surface area contributed by atoms with E-state index in [-0.39, 0.29) is 6.61 Å². The Morgan fingerprint density at radius 2 is 1.83 bits per heavy atom. The molecule has 0 radical (unpaired) electrons. The maximum absolute atomic E-state index is 11.8. The normalized spacial score (nSPS) is 12.3. The predicted molar refractivity (Wildman–Crippen MR) is 81.5 cm³/mol. The van der Waals surface area contributed by atoms with Gasteiger partial charge < -0.3 is 20.9 Å². The number of alkyl carbamates (subject to hydrolysis) is 1. The third kappa shape index (κ3) is 6.54. The van der Waals surface area contributed by atoms with Crippen LogP contribution in [0.15, 0.2) is 30.3 Å². The average Bonchev–Trinajstić information content (AvgIpc) is 2.54. The molecule has 1 aromatic carbocycles. The third-order valence-corrected chi connectivity index (χ3v) is 2.91. The van der Waals surface area contributed by atoms with E-state index in [9.17, 15) is 14.4 Å². The maximum atomic E-state index is 11.8. The zero-order valence-corrected chi connectivity index (χ0v) is 12.9. The van der Waals surface area contributed by atoms with Gasteiger partial charge in [-0.3, -0.25) is 9.59 Å². The molecule has 0 saturated heterocycles. The van der Waals surface area contributed by atoms with Crippen molar-refractivity contribution in [2.45, 2.75) is 32.5 Å². The first kappa shape index (κ1) is 18.1. The van der Waals surface area contributed by atoms with E-state index in [0.717, 1.165) is 5.56 Å². The number of nitrogens with zero attached hydrogens (tertiary/aromatic N) is 2. The molecule has 0 aliphatic rings. The third-order valence-electron chi connectivity index (χ3n) is 2.91. The topological polar surface area (TPSA) is 121 Å². The van der Waals surface area contributed by atoms with Gasteiger partial charge in [-0.1, -0.05) is 30.3 Å². The van der Waals surface area contributed by atoms with Gasteiger partial charge in [0.15, 0.2) is 0 Å². The van der Waals surface area contributed by atoms with Crippen LogP contribution in [0.4, 0.5) is 4.79 Å². The van der Waals surface area contributed by atoms with E-state index in [1.165, 1.54) is 13.8 Å². The zero-order valence-electron chi connectivity index (χ0n) is 12.9. The molecule has 2 amide bonds. The van der Waals surface area contributed by atoms with Crippen LogP contribution in [0, 0.1) is 0 Å². The Hall–Kier alpha value is -2.99. The first-order valence-electron chi connectivity index (χ1n) is 6.93. The van der Waals surface area contributed by atoms with Crippen LogP contribution in [0.5, 0.6) is 0 Å². The van der Waals surface area contributed by atoms with Gasteiger partial charge in [0.25, 0.3) is 5.78 Å². The maximum Gasteiger partial charge on any atom is 0.408 e. The van der Waals surface area contributed by atoms with Crippen molar-refractivity contribution >= 4 is 24.0 Å². The minimum atomic E-state index is -0.889. The fourth-order valence-corrected chi connectivity index (χ4v) is 1.59.